The molecule has 0 amide bonds. The summed E-state index contributed by atoms with van der Waals surface area (Å²) < 4.78 is 0. The first-order chi connectivity index (χ1) is 12.7. The van der Waals surface area contributed by atoms with Gasteiger partial charge in [-0.3, -0.25) is 0 Å². The maximum absolute atomic E-state index is 2.57. The molecule has 4 aliphatic rings. The minimum atomic E-state index is -0.00225. The molecule has 0 radical (unpaired) electrons. The second-order valence-corrected chi connectivity index (χ2v) is 8.76. The van der Waals surface area contributed by atoms with Crippen LogP contribution < -0.4 is 0 Å². The van der Waals surface area contributed by atoms with Crippen molar-refractivity contribution in [3.8, 4) is 0 Å². The van der Waals surface area contributed by atoms with Gasteiger partial charge in [0.2, 0.25) is 0 Å². The predicted octanol–water partition coefficient (Wildman–Crippen LogP) is 6.83. The average molecular weight is 341 g/mol. The fraction of sp³-hybridized carbons (Fsp3) is 0.385. The lowest BCUT2D eigenvalue weighted by molar-refractivity contribution is 0.255. The standard InChI is InChI=1S/C26H28/c1-19-18-22-24(25(2)16-10-5-11-17-25)23(19)26(22,20-12-6-3-7-13-20)21-14-8-4-9-15-21/h3-4,6-9,12-15,18-19H,5,10-11,16-17H2,1-2H3. The topological polar surface area (TPSA) is 0 Å². The lowest BCUT2D eigenvalue weighted by Gasteiger charge is -2.53. The zero-order chi connectivity index (χ0) is 17.8. The van der Waals surface area contributed by atoms with E-state index in [4.69, 9.17) is 0 Å². The van der Waals surface area contributed by atoms with E-state index in [0.717, 1.165) is 0 Å². The lowest BCUT2D eigenvalue weighted by atomic mass is 9.49. The van der Waals surface area contributed by atoms with E-state index in [0.29, 0.717) is 11.3 Å². The van der Waals surface area contributed by atoms with Gasteiger partial charge in [0.15, 0.2) is 0 Å². The van der Waals surface area contributed by atoms with E-state index < -0.39 is 0 Å². The van der Waals surface area contributed by atoms with E-state index >= 15 is 0 Å². The number of hydrogen-bond donors (Lipinski definition) is 0. The fourth-order valence-corrected chi connectivity index (χ4v) is 6.11. The summed E-state index contributed by atoms with van der Waals surface area (Å²) in [5, 5.41) is 0. The third-order valence-electron chi connectivity index (χ3n) is 7.19. The number of rotatable bonds is 3. The Hall–Kier alpha value is -2.08. The van der Waals surface area contributed by atoms with Gasteiger partial charge in [-0.1, -0.05) is 99.8 Å². The molecule has 0 aliphatic heterocycles. The van der Waals surface area contributed by atoms with Crippen LogP contribution in [0.2, 0.25) is 0 Å². The Balaban J connectivity index is 1.75. The van der Waals surface area contributed by atoms with Gasteiger partial charge in [-0.2, -0.15) is 0 Å². The maximum atomic E-state index is 2.57. The lowest BCUT2D eigenvalue weighted by Crippen LogP contribution is -2.45. The summed E-state index contributed by atoms with van der Waals surface area (Å²) in [5.74, 6) is 0.555. The molecule has 0 saturated heterocycles. The minimum absolute atomic E-state index is 0.00225. The third kappa shape index (κ3) is 1.96. The van der Waals surface area contributed by atoms with Gasteiger partial charge in [-0.25, -0.2) is 0 Å². The first-order valence-corrected chi connectivity index (χ1v) is 10.3. The van der Waals surface area contributed by atoms with E-state index in [2.05, 4.69) is 80.6 Å². The van der Waals surface area contributed by atoms with Gasteiger partial charge in [0.05, 0.1) is 5.41 Å². The van der Waals surface area contributed by atoms with Gasteiger partial charge in [0.1, 0.15) is 0 Å². The fourth-order valence-electron chi connectivity index (χ4n) is 6.11. The Morgan fingerprint density at radius 3 is 1.77 bits per heavy atom. The van der Waals surface area contributed by atoms with Crippen LogP contribution in [0.3, 0.4) is 0 Å². The molecule has 0 nitrogen and oxygen atoms in total. The van der Waals surface area contributed by atoms with Gasteiger partial charge in [0, 0.05) is 0 Å². The zero-order valence-corrected chi connectivity index (χ0v) is 16.0. The maximum Gasteiger partial charge on any atom is 0.0673 e. The van der Waals surface area contributed by atoms with Crippen molar-refractivity contribution >= 4 is 0 Å². The molecule has 1 fully saturated rings. The van der Waals surface area contributed by atoms with E-state index in [-0.39, 0.29) is 5.41 Å². The monoisotopic (exact) mass is 340 g/mol. The molecule has 1 unspecified atom stereocenters. The van der Waals surface area contributed by atoms with E-state index in [1.54, 1.807) is 16.7 Å². The number of benzene rings is 2. The van der Waals surface area contributed by atoms with Crippen LogP contribution in [0.4, 0.5) is 0 Å². The first kappa shape index (κ1) is 16.1. The van der Waals surface area contributed by atoms with Crippen LogP contribution in [0.15, 0.2) is 83.5 Å². The number of hydrogen-bond acceptors (Lipinski definition) is 0. The highest BCUT2D eigenvalue weighted by Gasteiger charge is 2.60. The molecule has 0 spiro atoms. The second kappa shape index (κ2) is 5.71. The van der Waals surface area contributed by atoms with Crippen molar-refractivity contribution in [2.75, 3.05) is 0 Å². The molecular weight excluding hydrogens is 312 g/mol. The summed E-state index contributed by atoms with van der Waals surface area (Å²) in [5.41, 5.74) is 8.29. The van der Waals surface area contributed by atoms with Gasteiger partial charge in [0.25, 0.3) is 0 Å². The Kier molecular flexibility index (Phi) is 3.54. The van der Waals surface area contributed by atoms with Crippen LogP contribution in [0.25, 0.3) is 0 Å². The SMILES string of the molecule is CC1C=C2C(C3(C)CCCCC3)=C1C2(c1ccccc1)c1ccccc1. The molecule has 132 valence electrons. The highest BCUT2D eigenvalue weighted by Crippen LogP contribution is 2.69. The van der Waals surface area contributed by atoms with Gasteiger partial charge < -0.3 is 0 Å². The van der Waals surface area contributed by atoms with E-state index in [1.807, 2.05) is 0 Å². The Labute approximate surface area is 157 Å². The molecular formula is C26H28. The molecule has 2 aromatic rings. The van der Waals surface area contributed by atoms with Crippen molar-refractivity contribution in [3.05, 3.63) is 94.6 Å². The van der Waals surface area contributed by atoms with Crippen molar-refractivity contribution in [2.24, 2.45) is 11.3 Å². The highest BCUT2D eigenvalue weighted by atomic mass is 14.6. The molecule has 6 rings (SSSR count). The van der Waals surface area contributed by atoms with Crippen LogP contribution in [-0.4, -0.2) is 0 Å². The molecule has 1 atom stereocenters. The van der Waals surface area contributed by atoms with Crippen molar-refractivity contribution in [3.63, 3.8) is 0 Å². The smallest absolute Gasteiger partial charge is 0.0673 e. The number of allylic oxidation sites excluding steroid dienone is 4. The van der Waals surface area contributed by atoms with Gasteiger partial charge >= 0.3 is 0 Å². The summed E-state index contributed by atoms with van der Waals surface area (Å²) in [4.78, 5) is 0. The summed E-state index contributed by atoms with van der Waals surface area (Å²) in [6.07, 6.45) is 9.47. The molecule has 2 bridgehead atoms. The quantitative estimate of drug-likeness (QED) is 0.574. The molecule has 4 aliphatic carbocycles. The van der Waals surface area contributed by atoms with Crippen LogP contribution >= 0.6 is 0 Å². The summed E-state index contributed by atoms with van der Waals surface area (Å²) in [7, 11) is 0. The second-order valence-electron chi connectivity index (χ2n) is 8.76. The predicted molar refractivity (Wildman–Crippen MR) is 109 cm³/mol. The zero-order valence-electron chi connectivity index (χ0n) is 16.0. The van der Waals surface area contributed by atoms with Crippen molar-refractivity contribution in [2.45, 2.75) is 51.4 Å². The Bertz CT molecular complexity index is 837. The van der Waals surface area contributed by atoms with Crippen molar-refractivity contribution < 1.29 is 0 Å². The third-order valence-corrected chi connectivity index (χ3v) is 7.19. The van der Waals surface area contributed by atoms with E-state index in [9.17, 15) is 0 Å². The van der Waals surface area contributed by atoms with Crippen LogP contribution in [0.1, 0.15) is 57.1 Å². The summed E-state index contributed by atoms with van der Waals surface area (Å²) in [6, 6.07) is 22.4. The van der Waals surface area contributed by atoms with Crippen LogP contribution in [0.5, 0.6) is 0 Å². The van der Waals surface area contributed by atoms with E-state index in [1.165, 1.54) is 43.2 Å². The largest absolute Gasteiger partial charge is 0.0724 e. The minimum Gasteiger partial charge on any atom is -0.0724 e. The first-order valence-electron chi connectivity index (χ1n) is 10.3. The summed E-state index contributed by atoms with van der Waals surface area (Å²) >= 11 is 0. The normalized spacial score (nSPS) is 25.6. The molecule has 0 aromatic heterocycles. The van der Waals surface area contributed by atoms with Crippen LogP contribution in [0, 0.1) is 11.3 Å². The molecule has 0 heteroatoms. The van der Waals surface area contributed by atoms with Gasteiger partial charge in [-0.15, -0.1) is 0 Å². The molecule has 26 heavy (non-hydrogen) atoms. The molecule has 0 N–H and O–H groups in total. The highest BCUT2D eigenvalue weighted by molar-refractivity contribution is 5.78. The van der Waals surface area contributed by atoms with Gasteiger partial charge in [-0.05, 0) is 52.0 Å². The number of fused-ring (bicyclic) bond motifs is 1. The van der Waals surface area contributed by atoms with Crippen LogP contribution in [-0.2, 0) is 5.41 Å². The molecule has 1 saturated carbocycles. The Morgan fingerprint density at radius 1 is 0.769 bits per heavy atom. The average Bonchev–Trinajstić information content (AvgIpc) is 3.18. The molecule has 0 heterocycles. The van der Waals surface area contributed by atoms with Crippen molar-refractivity contribution in [1.29, 1.82) is 0 Å². The van der Waals surface area contributed by atoms with Crippen molar-refractivity contribution in [1.82, 2.24) is 0 Å². The summed E-state index contributed by atoms with van der Waals surface area (Å²) in [6.45, 7) is 4.94. The molecule has 2 aromatic carbocycles. The Morgan fingerprint density at radius 2 is 1.31 bits per heavy atom.